The zero-order chi connectivity index (χ0) is 14.4. The number of ether oxygens (including phenoxy) is 1. The van der Waals surface area contributed by atoms with Crippen LogP contribution >= 0.6 is 23.4 Å². The summed E-state index contributed by atoms with van der Waals surface area (Å²) in [6.07, 6.45) is 0.591. The molecule has 0 aliphatic heterocycles. The lowest BCUT2D eigenvalue weighted by atomic mass is 10.2. The number of nitrogens with two attached hydrogens (primary N) is 1. The van der Waals surface area contributed by atoms with Gasteiger partial charge in [0.2, 0.25) is 0 Å². The van der Waals surface area contributed by atoms with Crippen LogP contribution in [0.2, 0.25) is 5.02 Å². The zero-order valence-corrected chi connectivity index (χ0v) is 13.1. The Kier molecular flexibility index (Phi) is 6.68. The van der Waals surface area contributed by atoms with Crippen molar-refractivity contribution in [3.05, 3.63) is 16.4 Å². The molecule has 2 N–H and O–H groups in total. The van der Waals surface area contributed by atoms with Gasteiger partial charge in [-0.05, 0) is 26.0 Å². The van der Waals surface area contributed by atoms with Crippen molar-refractivity contribution in [1.82, 2.24) is 9.78 Å². The van der Waals surface area contributed by atoms with Gasteiger partial charge in [-0.3, -0.25) is 9.48 Å². The first-order valence-corrected chi connectivity index (χ1v) is 7.67. The van der Waals surface area contributed by atoms with Crippen LogP contribution in [-0.2, 0) is 21.8 Å². The molecule has 0 amide bonds. The first-order chi connectivity index (χ1) is 9.01. The monoisotopic (exact) mass is 305 g/mol. The summed E-state index contributed by atoms with van der Waals surface area (Å²) in [4.78, 5) is 11.1. The van der Waals surface area contributed by atoms with Crippen molar-refractivity contribution >= 4 is 29.3 Å². The first-order valence-electron chi connectivity index (χ1n) is 6.14. The van der Waals surface area contributed by atoms with Gasteiger partial charge in [-0.2, -0.15) is 16.9 Å². The van der Waals surface area contributed by atoms with E-state index in [1.807, 2.05) is 18.5 Å². The van der Waals surface area contributed by atoms with Gasteiger partial charge >= 0.3 is 5.97 Å². The molecule has 19 heavy (non-hydrogen) atoms. The second kappa shape index (κ2) is 7.77. The number of halogens is 1. The Balaban J connectivity index is 2.43. The van der Waals surface area contributed by atoms with E-state index in [9.17, 15) is 4.79 Å². The fourth-order valence-corrected chi connectivity index (χ4v) is 2.99. The van der Waals surface area contributed by atoms with Gasteiger partial charge in [0.05, 0.1) is 23.5 Å². The summed E-state index contributed by atoms with van der Waals surface area (Å²) < 4.78 is 6.49. The largest absolute Gasteiger partial charge is 0.468 e. The number of hydrogen-bond donors (Lipinski definition) is 1. The minimum absolute atomic E-state index is 0.368. The van der Waals surface area contributed by atoms with E-state index >= 15 is 0 Å². The lowest BCUT2D eigenvalue weighted by molar-refractivity contribution is -0.142. The van der Waals surface area contributed by atoms with Gasteiger partial charge in [0.25, 0.3) is 0 Å². The molecule has 1 heterocycles. The summed E-state index contributed by atoms with van der Waals surface area (Å²) in [6, 6.07) is -0.550. The summed E-state index contributed by atoms with van der Waals surface area (Å²) in [5.41, 5.74) is 7.54. The Labute approximate surface area is 122 Å². The fourth-order valence-electron chi connectivity index (χ4n) is 1.66. The topological polar surface area (TPSA) is 70.1 Å². The molecule has 5 nitrogen and oxygen atoms in total. The first kappa shape index (κ1) is 16.3. The summed E-state index contributed by atoms with van der Waals surface area (Å²) in [5.74, 6) is 1.18. The molecule has 0 radical (unpaired) electrons. The van der Waals surface area contributed by atoms with Crippen LogP contribution in [0.15, 0.2) is 0 Å². The number of methoxy groups -OCH3 is 1. The van der Waals surface area contributed by atoms with E-state index in [0.717, 1.165) is 34.5 Å². The maximum atomic E-state index is 11.1. The van der Waals surface area contributed by atoms with E-state index in [0.29, 0.717) is 6.42 Å². The zero-order valence-electron chi connectivity index (χ0n) is 11.5. The molecule has 1 unspecified atom stereocenters. The number of rotatable bonds is 7. The predicted octanol–water partition coefficient (Wildman–Crippen LogP) is 1.99. The Morgan fingerprint density at radius 1 is 1.63 bits per heavy atom. The van der Waals surface area contributed by atoms with Crippen molar-refractivity contribution < 1.29 is 9.53 Å². The molecule has 7 heteroatoms. The van der Waals surface area contributed by atoms with Crippen LogP contribution in [0.4, 0.5) is 0 Å². The third-order valence-corrected chi connectivity index (χ3v) is 4.26. The van der Waals surface area contributed by atoms with E-state index < -0.39 is 6.04 Å². The van der Waals surface area contributed by atoms with Crippen LogP contribution in [0.5, 0.6) is 0 Å². The number of hydrogen-bond acceptors (Lipinski definition) is 5. The fraction of sp³-hybridized carbons (Fsp3) is 0.667. The molecule has 0 saturated heterocycles. The molecule has 1 rings (SSSR count). The van der Waals surface area contributed by atoms with Crippen LogP contribution in [-0.4, -0.2) is 34.7 Å². The van der Waals surface area contributed by atoms with Crippen molar-refractivity contribution in [2.24, 2.45) is 5.73 Å². The molecule has 1 atom stereocenters. The highest BCUT2D eigenvalue weighted by atomic mass is 35.5. The minimum Gasteiger partial charge on any atom is -0.468 e. The molecule has 0 saturated carbocycles. The second-order valence-corrected chi connectivity index (χ2v) is 5.62. The Bertz CT molecular complexity index is 437. The highest BCUT2D eigenvalue weighted by molar-refractivity contribution is 7.98. The maximum absolute atomic E-state index is 11.1. The predicted molar refractivity (Wildman–Crippen MR) is 78.4 cm³/mol. The van der Waals surface area contributed by atoms with Crippen LogP contribution < -0.4 is 5.73 Å². The maximum Gasteiger partial charge on any atom is 0.322 e. The molecule has 1 aromatic heterocycles. The number of thioether (sulfide) groups is 1. The average molecular weight is 306 g/mol. The van der Waals surface area contributed by atoms with Crippen LogP contribution in [0, 0.1) is 6.92 Å². The molecule has 0 bridgehead atoms. The molecular formula is C12H20ClN3O2S. The molecule has 1 aromatic rings. The van der Waals surface area contributed by atoms with E-state index in [2.05, 4.69) is 9.84 Å². The van der Waals surface area contributed by atoms with Gasteiger partial charge in [0, 0.05) is 12.3 Å². The van der Waals surface area contributed by atoms with Gasteiger partial charge in [0.1, 0.15) is 6.04 Å². The third kappa shape index (κ3) is 4.40. The van der Waals surface area contributed by atoms with Gasteiger partial charge in [0.15, 0.2) is 0 Å². The van der Waals surface area contributed by atoms with E-state index in [-0.39, 0.29) is 5.97 Å². The van der Waals surface area contributed by atoms with Crippen molar-refractivity contribution in [2.75, 3.05) is 12.9 Å². The van der Waals surface area contributed by atoms with Crippen molar-refractivity contribution in [2.45, 2.75) is 38.6 Å². The summed E-state index contributed by atoms with van der Waals surface area (Å²) >= 11 is 7.90. The van der Waals surface area contributed by atoms with E-state index in [4.69, 9.17) is 17.3 Å². The molecule has 0 aliphatic rings. The van der Waals surface area contributed by atoms with Crippen molar-refractivity contribution in [1.29, 1.82) is 0 Å². The highest BCUT2D eigenvalue weighted by Crippen LogP contribution is 2.24. The quantitative estimate of drug-likeness (QED) is 0.616. The molecular weight excluding hydrogens is 286 g/mol. The summed E-state index contributed by atoms with van der Waals surface area (Å²) in [6.45, 7) is 4.73. The van der Waals surface area contributed by atoms with Gasteiger partial charge in [-0.1, -0.05) is 11.6 Å². The van der Waals surface area contributed by atoms with Crippen LogP contribution in [0.25, 0.3) is 0 Å². The number of nitrogens with zero attached hydrogens (tertiary/aromatic N) is 2. The van der Waals surface area contributed by atoms with Gasteiger partial charge < -0.3 is 10.5 Å². The second-order valence-electron chi connectivity index (χ2n) is 4.13. The van der Waals surface area contributed by atoms with Gasteiger partial charge in [-0.15, -0.1) is 0 Å². The van der Waals surface area contributed by atoms with E-state index in [1.54, 1.807) is 11.8 Å². The number of aromatic nitrogens is 2. The van der Waals surface area contributed by atoms with Crippen molar-refractivity contribution in [3.8, 4) is 0 Å². The molecule has 0 spiro atoms. The lowest BCUT2D eigenvalue weighted by Crippen LogP contribution is -2.32. The lowest BCUT2D eigenvalue weighted by Gasteiger charge is -2.09. The number of esters is 1. The molecule has 0 fully saturated rings. The number of aryl methyl sites for hydroxylation is 2. The summed E-state index contributed by atoms with van der Waals surface area (Å²) in [7, 11) is 1.34. The minimum atomic E-state index is -0.550. The Hall–Kier alpha value is -0.720. The number of carbonyl (C=O) groups is 1. The number of carbonyl (C=O) groups excluding carboxylic acids is 1. The average Bonchev–Trinajstić information content (AvgIpc) is 2.69. The summed E-state index contributed by atoms with van der Waals surface area (Å²) in [5, 5.41) is 5.08. The smallest absolute Gasteiger partial charge is 0.322 e. The molecule has 0 aliphatic carbocycles. The van der Waals surface area contributed by atoms with E-state index in [1.165, 1.54) is 7.11 Å². The van der Waals surface area contributed by atoms with Crippen LogP contribution in [0.1, 0.15) is 24.7 Å². The standard InChI is InChI=1S/C12H20ClN3O2S/c1-4-16-10(11(13)8(2)15-16)7-19-6-5-9(14)12(17)18-3/h9H,4-7,14H2,1-3H3. The third-order valence-electron chi connectivity index (χ3n) is 2.77. The Morgan fingerprint density at radius 3 is 2.89 bits per heavy atom. The van der Waals surface area contributed by atoms with Crippen molar-refractivity contribution in [3.63, 3.8) is 0 Å². The molecule has 108 valence electrons. The SMILES string of the molecule is CCn1nc(C)c(Cl)c1CSCCC(N)C(=O)OC. The Morgan fingerprint density at radius 2 is 2.32 bits per heavy atom. The molecule has 0 aromatic carbocycles. The van der Waals surface area contributed by atoms with Gasteiger partial charge in [-0.25, -0.2) is 0 Å². The normalized spacial score (nSPS) is 12.5. The van der Waals surface area contributed by atoms with Crippen LogP contribution in [0.3, 0.4) is 0 Å². The highest BCUT2D eigenvalue weighted by Gasteiger charge is 2.15.